The summed E-state index contributed by atoms with van der Waals surface area (Å²) in [6, 6.07) is 14.6. The van der Waals surface area contributed by atoms with Gasteiger partial charge in [0.05, 0.1) is 10.3 Å². The Bertz CT molecular complexity index is 1020. The Morgan fingerprint density at radius 3 is 2.14 bits per heavy atom. The van der Waals surface area contributed by atoms with Gasteiger partial charge in [-0.15, -0.1) is 6.42 Å². The van der Waals surface area contributed by atoms with E-state index in [1.54, 1.807) is 24.3 Å². The van der Waals surface area contributed by atoms with Crippen molar-refractivity contribution in [3.05, 3.63) is 65.2 Å². The van der Waals surface area contributed by atoms with Crippen LogP contribution in [0.5, 0.6) is 0 Å². The van der Waals surface area contributed by atoms with Gasteiger partial charge in [-0.3, -0.25) is 0 Å². The molecular weight excluding hydrogens is 370 g/mol. The molecule has 1 heterocycles. The fourth-order valence-corrected chi connectivity index (χ4v) is 5.45. The summed E-state index contributed by atoms with van der Waals surface area (Å²) in [5.41, 5.74) is 2.15. The van der Waals surface area contributed by atoms with Crippen LogP contribution < -0.4 is 0 Å². The first-order valence-corrected chi connectivity index (χ1v) is 10.7. The second-order valence-electron chi connectivity index (χ2n) is 7.70. The van der Waals surface area contributed by atoms with Gasteiger partial charge in [0, 0.05) is 25.4 Å². The SMILES string of the molecule is C#CC1(c2ccc(C)cc2)CN(S(=O)(=O)c2ccc(C)cc2)CC1CC(C)=O. The van der Waals surface area contributed by atoms with Crippen LogP contribution in [-0.2, 0) is 20.2 Å². The van der Waals surface area contributed by atoms with E-state index in [4.69, 9.17) is 6.42 Å². The van der Waals surface area contributed by atoms with Gasteiger partial charge < -0.3 is 4.79 Å². The number of terminal acetylenes is 1. The Morgan fingerprint density at radius 2 is 1.64 bits per heavy atom. The van der Waals surface area contributed by atoms with Gasteiger partial charge in [-0.05, 0) is 38.5 Å². The van der Waals surface area contributed by atoms with Crippen LogP contribution in [0.25, 0.3) is 0 Å². The molecule has 0 aromatic heterocycles. The van der Waals surface area contributed by atoms with Crippen molar-refractivity contribution in [2.24, 2.45) is 5.92 Å². The molecule has 0 N–H and O–H groups in total. The summed E-state index contributed by atoms with van der Waals surface area (Å²) in [6.45, 7) is 5.82. The van der Waals surface area contributed by atoms with E-state index in [-0.39, 0.29) is 36.1 Å². The zero-order chi connectivity index (χ0) is 20.5. The highest BCUT2D eigenvalue weighted by molar-refractivity contribution is 7.89. The molecule has 0 aliphatic carbocycles. The molecule has 0 radical (unpaired) electrons. The van der Waals surface area contributed by atoms with E-state index < -0.39 is 15.4 Å². The van der Waals surface area contributed by atoms with E-state index in [1.165, 1.54) is 11.2 Å². The molecule has 2 aromatic carbocycles. The largest absolute Gasteiger partial charge is 0.300 e. The van der Waals surface area contributed by atoms with Crippen LogP contribution in [0.15, 0.2) is 53.4 Å². The molecule has 5 heteroatoms. The van der Waals surface area contributed by atoms with E-state index >= 15 is 0 Å². The van der Waals surface area contributed by atoms with Crippen LogP contribution in [0, 0.1) is 32.1 Å². The number of hydrogen-bond donors (Lipinski definition) is 0. The fraction of sp³-hybridized carbons (Fsp3) is 0.348. The number of benzene rings is 2. The molecule has 2 aromatic rings. The third-order valence-electron chi connectivity index (χ3n) is 5.56. The molecule has 2 unspecified atom stereocenters. The molecule has 1 saturated heterocycles. The highest BCUT2D eigenvalue weighted by Gasteiger charge is 2.50. The number of carbonyl (C=O) groups excluding carboxylic acids is 1. The minimum atomic E-state index is -3.69. The normalized spacial score (nSPS) is 22.7. The van der Waals surface area contributed by atoms with Gasteiger partial charge in [0.25, 0.3) is 0 Å². The predicted octanol–water partition coefficient (Wildman–Crippen LogP) is 3.47. The molecule has 0 amide bonds. The van der Waals surface area contributed by atoms with Gasteiger partial charge in [-0.2, -0.15) is 4.31 Å². The highest BCUT2D eigenvalue weighted by Crippen LogP contribution is 2.43. The lowest BCUT2D eigenvalue weighted by atomic mass is 9.71. The van der Waals surface area contributed by atoms with Crippen LogP contribution in [-0.4, -0.2) is 31.6 Å². The number of nitrogens with zero attached hydrogens (tertiary/aromatic N) is 1. The van der Waals surface area contributed by atoms with Gasteiger partial charge in [-0.1, -0.05) is 53.4 Å². The number of rotatable bonds is 5. The smallest absolute Gasteiger partial charge is 0.243 e. The van der Waals surface area contributed by atoms with Crippen molar-refractivity contribution < 1.29 is 13.2 Å². The Balaban J connectivity index is 2.05. The molecule has 1 aliphatic heterocycles. The fourth-order valence-electron chi connectivity index (χ4n) is 3.93. The van der Waals surface area contributed by atoms with Crippen LogP contribution in [0.1, 0.15) is 30.0 Å². The maximum absolute atomic E-state index is 13.2. The van der Waals surface area contributed by atoms with E-state index in [0.29, 0.717) is 0 Å². The van der Waals surface area contributed by atoms with Crippen LogP contribution >= 0.6 is 0 Å². The molecule has 1 aliphatic rings. The number of hydrogen-bond acceptors (Lipinski definition) is 3. The van der Waals surface area contributed by atoms with Gasteiger partial charge in [0.15, 0.2) is 0 Å². The number of ketones is 1. The number of aryl methyl sites for hydroxylation is 2. The summed E-state index contributed by atoms with van der Waals surface area (Å²) in [5.74, 6) is 2.61. The second-order valence-corrected chi connectivity index (χ2v) is 9.63. The highest BCUT2D eigenvalue weighted by atomic mass is 32.2. The average molecular weight is 396 g/mol. The van der Waals surface area contributed by atoms with Crippen molar-refractivity contribution in [3.8, 4) is 12.3 Å². The molecule has 28 heavy (non-hydrogen) atoms. The van der Waals surface area contributed by atoms with Gasteiger partial charge in [0.2, 0.25) is 10.0 Å². The minimum absolute atomic E-state index is 0.00585. The summed E-state index contributed by atoms with van der Waals surface area (Å²) in [5, 5.41) is 0. The summed E-state index contributed by atoms with van der Waals surface area (Å²) in [4.78, 5) is 12.2. The van der Waals surface area contributed by atoms with Crippen LogP contribution in [0.4, 0.5) is 0 Å². The van der Waals surface area contributed by atoms with Gasteiger partial charge in [0.1, 0.15) is 5.78 Å². The predicted molar refractivity (Wildman–Crippen MR) is 110 cm³/mol. The maximum Gasteiger partial charge on any atom is 0.243 e. The number of carbonyl (C=O) groups is 1. The third kappa shape index (κ3) is 3.63. The van der Waals surface area contributed by atoms with Crippen molar-refractivity contribution >= 4 is 15.8 Å². The monoisotopic (exact) mass is 395 g/mol. The van der Waals surface area contributed by atoms with E-state index in [9.17, 15) is 13.2 Å². The van der Waals surface area contributed by atoms with Crippen molar-refractivity contribution in [2.75, 3.05) is 13.1 Å². The Morgan fingerprint density at radius 1 is 1.11 bits per heavy atom. The van der Waals surface area contributed by atoms with Crippen LogP contribution in [0.2, 0.25) is 0 Å². The molecule has 146 valence electrons. The van der Waals surface area contributed by atoms with Crippen molar-refractivity contribution in [1.82, 2.24) is 4.31 Å². The molecule has 1 fully saturated rings. The lowest BCUT2D eigenvalue weighted by molar-refractivity contribution is -0.118. The summed E-state index contributed by atoms with van der Waals surface area (Å²) < 4.78 is 27.9. The number of Topliss-reactive ketones (excluding diaryl/α,β-unsaturated/α-hetero) is 1. The second kappa shape index (κ2) is 7.54. The molecule has 2 atom stereocenters. The summed E-state index contributed by atoms with van der Waals surface area (Å²) in [6.07, 6.45) is 6.23. The first-order chi connectivity index (χ1) is 13.2. The molecule has 3 rings (SSSR count). The summed E-state index contributed by atoms with van der Waals surface area (Å²) in [7, 11) is -3.69. The summed E-state index contributed by atoms with van der Waals surface area (Å²) >= 11 is 0. The molecular formula is C23H25NO3S. The first kappa shape index (κ1) is 20.3. The van der Waals surface area contributed by atoms with Gasteiger partial charge in [-0.25, -0.2) is 8.42 Å². The standard InChI is InChI=1S/C23H25NO3S/c1-5-23(20-10-6-17(2)7-11-20)16-24(15-21(23)14-19(4)25)28(26,27)22-12-8-18(3)9-13-22/h1,6-13,21H,14-16H2,2-4H3. The first-order valence-electron chi connectivity index (χ1n) is 9.30. The van der Waals surface area contributed by atoms with E-state index in [2.05, 4.69) is 5.92 Å². The Labute approximate surface area is 167 Å². The van der Waals surface area contributed by atoms with Crippen LogP contribution in [0.3, 0.4) is 0 Å². The van der Waals surface area contributed by atoms with Crippen molar-refractivity contribution in [2.45, 2.75) is 37.5 Å². The maximum atomic E-state index is 13.2. The molecule has 0 spiro atoms. The lowest BCUT2D eigenvalue weighted by Crippen LogP contribution is -2.36. The topological polar surface area (TPSA) is 54.5 Å². The third-order valence-corrected chi connectivity index (χ3v) is 7.39. The molecule has 0 saturated carbocycles. The Kier molecular flexibility index (Phi) is 5.47. The molecule has 4 nitrogen and oxygen atoms in total. The number of sulfonamides is 1. The zero-order valence-corrected chi connectivity index (χ0v) is 17.3. The minimum Gasteiger partial charge on any atom is -0.300 e. The Hall–Kier alpha value is -2.42. The van der Waals surface area contributed by atoms with Crippen molar-refractivity contribution in [1.29, 1.82) is 0 Å². The van der Waals surface area contributed by atoms with E-state index in [1.807, 2.05) is 38.1 Å². The quantitative estimate of drug-likeness (QED) is 0.729. The molecule has 0 bridgehead atoms. The van der Waals surface area contributed by atoms with E-state index in [0.717, 1.165) is 16.7 Å². The lowest BCUT2D eigenvalue weighted by Gasteiger charge is -2.29. The zero-order valence-electron chi connectivity index (χ0n) is 16.5. The average Bonchev–Trinajstić information content (AvgIpc) is 3.02. The van der Waals surface area contributed by atoms with Crippen molar-refractivity contribution in [3.63, 3.8) is 0 Å². The van der Waals surface area contributed by atoms with Gasteiger partial charge >= 0.3 is 0 Å².